The van der Waals surface area contributed by atoms with Gasteiger partial charge in [-0.25, -0.2) is 0 Å². The van der Waals surface area contributed by atoms with Crippen molar-refractivity contribution in [2.75, 3.05) is 29.1 Å². The van der Waals surface area contributed by atoms with E-state index in [-0.39, 0.29) is 11.9 Å². The maximum absolute atomic E-state index is 13.0. The molecule has 0 bridgehead atoms. The molecule has 0 radical (unpaired) electrons. The summed E-state index contributed by atoms with van der Waals surface area (Å²) in [5.41, 5.74) is 6.70. The second-order valence-corrected chi connectivity index (χ2v) is 15.1. The minimum absolute atomic E-state index is 0.112. The first-order valence-electron chi connectivity index (χ1n) is 16.3. The van der Waals surface area contributed by atoms with Crippen molar-refractivity contribution in [2.24, 2.45) is 5.92 Å². The number of thioether (sulfide) groups is 1. The molecule has 1 amide bonds. The van der Waals surface area contributed by atoms with E-state index in [0.29, 0.717) is 11.5 Å². The van der Waals surface area contributed by atoms with Gasteiger partial charge in [0.15, 0.2) is 0 Å². The number of rotatable bonds is 12. The van der Waals surface area contributed by atoms with E-state index in [2.05, 4.69) is 94.7 Å². The van der Waals surface area contributed by atoms with Crippen LogP contribution >= 0.6 is 47.9 Å². The van der Waals surface area contributed by atoms with E-state index in [1.807, 2.05) is 60.3 Å². The zero-order valence-corrected chi connectivity index (χ0v) is 30.2. The zero-order valence-electron chi connectivity index (χ0n) is 26.9. The molecule has 48 heavy (non-hydrogen) atoms. The van der Waals surface area contributed by atoms with Crippen molar-refractivity contribution in [1.82, 2.24) is 4.72 Å². The molecule has 0 aromatic heterocycles. The molecular weight excluding hydrogens is 670 g/mol. The van der Waals surface area contributed by atoms with Gasteiger partial charge in [-0.05, 0) is 127 Å². The number of benzene rings is 5. The third kappa shape index (κ3) is 9.35. The zero-order chi connectivity index (χ0) is 33.3. The van der Waals surface area contributed by atoms with Gasteiger partial charge in [0.2, 0.25) is 0 Å². The van der Waals surface area contributed by atoms with Gasteiger partial charge in [0.25, 0.3) is 5.91 Å². The SMILES string of the molecule is C[C@H](CSc1ccccc1)Nc1ccc(SNC(=O)c2ccc(N3CCC(Cc4ccccc4-c4ccc(Cl)cc4)CC3)cc2)cc1S. The predicted molar refractivity (Wildman–Crippen MR) is 209 cm³/mol. The van der Waals surface area contributed by atoms with E-state index in [0.717, 1.165) is 58.6 Å². The molecule has 0 unspecified atom stereocenters. The van der Waals surface area contributed by atoms with Crippen LogP contribution in [0.3, 0.4) is 0 Å². The normalized spacial score (nSPS) is 14.0. The number of amides is 1. The second kappa shape index (κ2) is 16.8. The van der Waals surface area contributed by atoms with Crippen molar-refractivity contribution in [1.29, 1.82) is 0 Å². The molecule has 1 atom stereocenters. The lowest BCUT2D eigenvalue weighted by atomic mass is 9.87. The molecule has 6 rings (SSSR count). The molecule has 0 aliphatic carbocycles. The van der Waals surface area contributed by atoms with Gasteiger partial charge in [-0.15, -0.1) is 24.4 Å². The van der Waals surface area contributed by atoms with Crippen molar-refractivity contribution < 1.29 is 4.79 Å². The highest BCUT2D eigenvalue weighted by Crippen LogP contribution is 2.32. The van der Waals surface area contributed by atoms with E-state index in [4.69, 9.17) is 24.2 Å². The van der Waals surface area contributed by atoms with Gasteiger partial charge in [-0.1, -0.05) is 66.2 Å². The molecule has 1 heterocycles. The van der Waals surface area contributed by atoms with Crippen molar-refractivity contribution in [3.63, 3.8) is 0 Å². The molecule has 5 aromatic rings. The van der Waals surface area contributed by atoms with Crippen LogP contribution in [0.15, 0.2) is 136 Å². The number of nitrogens with zero attached hydrogens (tertiary/aromatic N) is 1. The van der Waals surface area contributed by atoms with Crippen LogP contribution in [0.25, 0.3) is 11.1 Å². The summed E-state index contributed by atoms with van der Waals surface area (Å²) in [5, 5.41) is 4.31. The summed E-state index contributed by atoms with van der Waals surface area (Å²) in [5.74, 6) is 1.47. The lowest BCUT2D eigenvalue weighted by Gasteiger charge is -2.34. The molecule has 0 saturated carbocycles. The van der Waals surface area contributed by atoms with Crippen LogP contribution in [0.4, 0.5) is 11.4 Å². The highest BCUT2D eigenvalue weighted by atomic mass is 35.5. The topological polar surface area (TPSA) is 44.4 Å². The first-order valence-corrected chi connectivity index (χ1v) is 19.0. The molecular formula is C40H40ClN3OS3. The molecule has 246 valence electrons. The van der Waals surface area contributed by atoms with Gasteiger partial charge in [0, 0.05) is 61.5 Å². The predicted octanol–water partition coefficient (Wildman–Crippen LogP) is 10.8. The van der Waals surface area contributed by atoms with Gasteiger partial charge < -0.3 is 10.2 Å². The average molecular weight is 710 g/mol. The summed E-state index contributed by atoms with van der Waals surface area (Å²) in [6.45, 7) is 4.19. The monoisotopic (exact) mass is 709 g/mol. The molecule has 0 spiro atoms. The summed E-state index contributed by atoms with van der Waals surface area (Å²) < 4.78 is 2.99. The van der Waals surface area contributed by atoms with Crippen LogP contribution in [0.2, 0.25) is 5.02 Å². The number of carbonyl (C=O) groups excluding carboxylic acids is 1. The third-order valence-corrected chi connectivity index (χ3v) is 11.3. The molecule has 1 saturated heterocycles. The third-order valence-electron chi connectivity index (χ3n) is 8.67. The fraction of sp³-hybridized carbons (Fsp3) is 0.225. The van der Waals surface area contributed by atoms with Crippen molar-refractivity contribution in [3.8, 4) is 11.1 Å². The number of thiol groups is 1. The standard InChI is InChI=1S/C40H40ClN3OS3/c1-28(27-47-35-8-3-2-4-9-35)42-38-20-19-36(26-39(38)46)48-43-40(45)31-13-17-34(18-14-31)44-23-21-29(22-24-44)25-32-7-5-6-10-37(32)30-11-15-33(41)16-12-30/h2-20,26,28-29,42,46H,21-25,27H2,1H3,(H,43,45)/t28-/m1/s1. The van der Waals surface area contributed by atoms with E-state index in [1.54, 1.807) is 0 Å². The Balaban J connectivity index is 0.958. The molecule has 1 aliphatic rings. The van der Waals surface area contributed by atoms with Crippen LogP contribution in [-0.2, 0) is 6.42 Å². The summed E-state index contributed by atoms with van der Waals surface area (Å²) in [6, 6.07) is 41.6. The Bertz CT molecular complexity index is 1790. The number of piperidine rings is 1. The molecule has 2 N–H and O–H groups in total. The molecule has 8 heteroatoms. The Hall–Kier alpha value is -3.49. The van der Waals surface area contributed by atoms with Gasteiger partial charge in [-0.3, -0.25) is 9.52 Å². The van der Waals surface area contributed by atoms with Gasteiger partial charge in [0.05, 0.1) is 0 Å². The maximum atomic E-state index is 13.0. The van der Waals surface area contributed by atoms with Gasteiger partial charge >= 0.3 is 0 Å². The summed E-state index contributed by atoms with van der Waals surface area (Å²) in [6.07, 6.45) is 3.35. The largest absolute Gasteiger partial charge is 0.381 e. The quantitative estimate of drug-likeness (QED) is 0.0684. The smallest absolute Gasteiger partial charge is 0.261 e. The number of nitrogens with one attached hydrogen (secondary N) is 2. The average Bonchev–Trinajstić information content (AvgIpc) is 3.12. The maximum Gasteiger partial charge on any atom is 0.261 e. The Morgan fingerprint density at radius 2 is 1.58 bits per heavy atom. The lowest BCUT2D eigenvalue weighted by Crippen LogP contribution is -2.34. The van der Waals surface area contributed by atoms with Crippen LogP contribution < -0.4 is 14.9 Å². The van der Waals surface area contributed by atoms with Gasteiger partial charge in [-0.2, -0.15) is 0 Å². The van der Waals surface area contributed by atoms with E-state index in [9.17, 15) is 4.79 Å². The molecule has 5 aromatic carbocycles. The Kier molecular flexibility index (Phi) is 12.0. The summed E-state index contributed by atoms with van der Waals surface area (Å²) in [4.78, 5) is 18.4. The highest BCUT2D eigenvalue weighted by molar-refractivity contribution is 7.99. The Morgan fingerprint density at radius 3 is 2.31 bits per heavy atom. The Morgan fingerprint density at radius 1 is 0.875 bits per heavy atom. The fourth-order valence-corrected chi connectivity index (χ4v) is 8.05. The minimum atomic E-state index is -0.112. The fourth-order valence-electron chi connectivity index (χ4n) is 6.05. The Labute approximate surface area is 303 Å². The first kappa shape index (κ1) is 34.4. The van der Waals surface area contributed by atoms with Crippen LogP contribution in [-0.4, -0.2) is 30.8 Å². The van der Waals surface area contributed by atoms with Crippen molar-refractivity contribution in [2.45, 2.75) is 46.9 Å². The second-order valence-electron chi connectivity index (χ2n) is 12.2. The van der Waals surface area contributed by atoms with Crippen LogP contribution in [0, 0.1) is 5.92 Å². The minimum Gasteiger partial charge on any atom is -0.381 e. The molecule has 1 aliphatic heterocycles. The van der Waals surface area contributed by atoms with Crippen LogP contribution in [0.5, 0.6) is 0 Å². The van der Waals surface area contributed by atoms with E-state index >= 15 is 0 Å². The van der Waals surface area contributed by atoms with Crippen LogP contribution in [0.1, 0.15) is 35.7 Å². The van der Waals surface area contributed by atoms with Crippen molar-refractivity contribution >= 4 is 65.2 Å². The number of carbonyl (C=O) groups is 1. The first-order chi connectivity index (χ1) is 23.4. The summed E-state index contributed by atoms with van der Waals surface area (Å²) >= 11 is 14.0. The molecule has 1 fully saturated rings. The number of hydrogen-bond acceptors (Lipinski definition) is 6. The number of anilines is 2. The van der Waals surface area contributed by atoms with Gasteiger partial charge in [0.1, 0.15) is 0 Å². The van der Waals surface area contributed by atoms with E-state index in [1.165, 1.54) is 39.2 Å². The highest BCUT2D eigenvalue weighted by Gasteiger charge is 2.21. The summed E-state index contributed by atoms with van der Waals surface area (Å²) in [7, 11) is 0. The number of halogens is 1. The molecule has 4 nitrogen and oxygen atoms in total. The number of hydrogen-bond donors (Lipinski definition) is 3. The van der Waals surface area contributed by atoms with Crippen molar-refractivity contribution in [3.05, 3.63) is 137 Å². The van der Waals surface area contributed by atoms with E-state index < -0.39 is 0 Å². The lowest BCUT2D eigenvalue weighted by molar-refractivity contribution is 0.0984.